The lowest BCUT2D eigenvalue weighted by molar-refractivity contribution is -0.138. The molecule has 0 aromatic carbocycles. The Bertz CT molecular complexity index is 245. The molecule has 1 N–H and O–H groups in total. The Labute approximate surface area is 80.3 Å². The minimum atomic E-state index is -2.08. The van der Waals surface area contributed by atoms with Crippen LogP contribution in [-0.4, -0.2) is 21.3 Å². The van der Waals surface area contributed by atoms with Crippen molar-refractivity contribution in [2.75, 3.05) is 6.61 Å². The average Bonchev–Trinajstić information content (AvgIpc) is 2.05. The molecule has 0 aromatic rings. The van der Waals surface area contributed by atoms with Crippen molar-refractivity contribution in [1.82, 2.24) is 0 Å². The first-order valence-corrected chi connectivity index (χ1v) is 5.12. The van der Waals surface area contributed by atoms with Crippen LogP contribution in [0.25, 0.3) is 0 Å². The van der Waals surface area contributed by atoms with Gasteiger partial charge in [-0.05, 0) is 20.3 Å². The SMILES string of the molecule is CCOC(=O)C(C)=C(CC)S(=O)O. The highest BCUT2D eigenvalue weighted by Crippen LogP contribution is 2.12. The molecule has 0 saturated carbocycles. The molecule has 0 aromatic heterocycles. The molecule has 13 heavy (non-hydrogen) atoms. The number of carbonyl (C=O) groups is 1. The molecule has 0 heterocycles. The Kier molecular flexibility index (Phi) is 5.57. The van der Waals surface area contributed by atoms with Gasteiger partial charge in [-0.15, -0.1) is 0 Å². The van der Waals surface area contributed by atoms with Gasteiger partial charge < -0.3 is 9.29 Å². The van der Waals surface area contributed by atoms with Crippen molar-refractivity contribution in [3.8, 4) is 0 Å². The smallest absolute Gasteiger partial charge is 0.334 e. The summed E-state index contributed by atoms with van der Waals surface area (Å²) in [4.78, 5) is 11.3. The van der Waals surface area contributed by atoms with E-state index in [9.17, 15) is 9.00 Å². The van der Waals surface area contributed by atoms with Gasteiger partial charge in [-0.2, -0.15) is 0 Å². The maximum Gasteiger partial charge on any atom is 0.334 e. The molecule has 0 saturated heterocycles. The van der Waals surface area contributed by atoms with E-state index in [1.54, 1.807) is 13.8 Å². The molecule has 0 aliphatic carbocycles. The van der Waals surface area contributed by atoms with Crippen molar-refractivity contribution >= 4 is 17.0 Å². The van der Waals surface area contributed by atoms with E-state index in [4.69, 9.17) is 9.29 Å². The third-order valence-corrected chi connectivity index (χ3v) is 2.55. The van der Waals surface area contributed by atoms with Gasteiger partial charge in [0.1, 0.15) is 0 Å². The number of esters is 1. The quantitative estimate of drug-likeness (QED) is 0.429. The summed E-state index contributed by atoms with van der Waals surface area (Å²) < 4.78 is 24.2. The Balaban J connectivity index is 4.74. The first-order chi connectivity index (χ1) is 6.04. The zero-order valence-corrected chi connectivity index (χ0v) is 8.81. The lowest BCUT2D eigenvalue weighted by Crippen LogP contribution is -2.09. The standard InChI is InChI=1S/C8H14O4S/c1-4-7(13(10)11)6(3)8(9)12-5-2/h4-5H2,1-3H3,(H,10,11). The van der Waals surface area contributed by atoms with Crippen LogP contribution in [0.5, 0.6) is 0 Å². The van der Waals surface area contributed by atoms with Gasteiger partial charge in [0.2, 0.25) is 0 Å². The average molecular weight is 206 g/mol. The second kappa shape index (κ2) is 5.88. The van der Waals surface area contributed by atoms with Crippen molar-refractivity contribution in [3.63, 3.8) is 0 Å². The fourth-order valence-electron chi connectivity index (χ4n) is 0.873. The van der Waals surface area contributed by atoms with Crippen molar-refractivity contribution in [2.24, 2.45) is 0 Å². The van der Waals surface area contributed by atoms with Crippen LogP contribution in [0.15, 0.2) is 10.5 Å². The van der Waals surface area contributed by atoms with E-state index < -0.39 is 17.0 Å². The molecule has 1 unspecified atom stereocenters. The zero-order chi connectivity index (χ0) is 10.4. The topological polar surface area (TPSA) is 63.6 Å². The van der Waals surface area contributed by atoms with E-state index in [2.05, 4.69) is 0 Å². The molecule has 1 atom stereocenters. The van der Waals surface area contributed by atoms with Gasteiger partial charge in [0.05, 0.1) is 11.5 Å². The highest BCUT2D eigenvalue weighted by Gasteiger charge is 2.14. The molecule has 0 rings (SSSR count). The number of rotatable bonds is 4. The minimum Gasteiger partial charge on any atom is -0.463 e. The van der Waals surface area contributed by atoms with Gasteiger partial charge >= 0.3 is 5.97 Å². The third kappa shape index (κ3) is 3.69. The number of allylic oxidation sites excluding steroid dienone is 1. The van der Waals surface area contributed by atoms with Crippen molar-refractivity contribution < 1.29 is 18.3 Å². The zero-order valence-electron chi connectivity index (χ0n) is 7.99. The van der Waals surface area contributed by atoms with Crippen molar-refractivity contribution in [1.29, 1.82) is 0 Å². The number of hydrogen-bond donors (Lipinski definition) is 1. The maximum absolute atomic E-state index is 11.1. The van der Waals surface area contributed by atoms with Gasteiger partial charge in [-0.3, -0.25) is 0 Å². The van der Waals surface area contributed by atoms with Gasteiger partial charge in [-0.25, -0.2) is 9.00 Å². The summed E-state index contributed by atoms with van der Waals surface area (Å²) in [7, 11) is 0. The van der Waals surface area contributed by atoms with E-state index in [1.165, 1.54) is 6.92 Å². The molecule has 0 fully saturated rings. The van der Waals surface area contributed by atoms with E-state index in [1.807, 2.05) is 0 Å². The normalized spacial score (nSPS) is 14.8. The van der Waals surface area contributed by atoms with Crippen LogP contribution < -0.4 is 0 Å². The Hall–Kier alpha value is -0.680. The molecular formula is C8H14O4S. The van der Waals surface area contributed by atoms with E-state index in [-0.39, 0.29) is 17.1 Å². The molecule has 0 radical (unpaired) electrons. The van der Waals surface area contributed by atoms with Gasteiger partial charge in [0, 0.05) is 5.57 Å². The summed E-state index contributed by atoms with van der Waals surface area (Å²) in [5.41, 5.74) is 0.227. The highest BCUT2D eigenvalue weighted by molar-refractivity contribution is 7.83. The fourth-order valence-corrected chi connectivity index (χ4v) is 1.47. The third-order valence-electron chi connectivity index (χ3n) is 1.53. The first-order valence-electron chi connectivity index (χ1n) is 4.02. The molecule has 0 bridgehead atoms. The molecule has 5 heteroatoms. The van der Waals surface area contributed by atoms with Gasteiger partial charge in [0.15, 0.2) is 11.1 Å². The van der Waals surface area contributed by atoms with Crippen molar-refractivity contribution in [2.45, 2.75) is 27.2 Å². The Morgan fingerprint density at radius 2 is 2.00 bits per heavy atom. The monoisotopic (exact) mass is 206 g/mol. The predicted octanol–water partition coefficient (Wildman–Crippen LogP) is 1.46. The lowest BCUT2D eigenvalue weighted by Gasteiger charge is -2.05. The number of hydrogen-bond acceptors (Lipinski definition) is 3. The number of carbonyl (C=O) groups excluding carboxylic acids is 1. The van der Waals surface area contributed by atoms with Crippen LogP contribution >= 0.6 is 0 Å². The molecule has 76 valence electrons. The van der Waals surface area contributed by atoms with Crippen molar-refractivity contribution in [3.05, 3.63) is 10.5 Å². The summed E-state index contributed by atoms with van der Waals surface area (Å²) in [5.74, 6) is -0.526. The molecular weight excluding hydrogens is 192 g/mol. The lowest BCUT2D eigenvalue weighted by atomic mass is 10.2. The molecule has 0 amide bonds. The van der Waals surface area contributed by atoms with Crippen LogP contribution in [0.4, 0.5) is 0 Å². The first kappa shape index (κ1) is 12.3. The Morgan fingerprint density at radius 1 is 1.46 bits per heavy atom. The summed E-state index contributed by atoms with van der Waals surface area (Å²) in [5, 5.41) is 0. The van der Waals surface area contributed by atoms with Crippen LogP contribution in [0.1, 0.15) is 27.2 Å². The van der Waals surface area contributed by atoms with Crippen LogP contribution in [0.2, 0.25) is 0 Å². The van der Waals surface area contributed by atoms with Crippen LogP contribution in [-0.2, 0) is 20.6 Å². The van der Waals surface area contributed by atoms with Gasteiger partial charge in [0.25, 0.3) is 0 Å². The number of ether oxygens (including phenoxy) is 1. The molecule has 0 spiro atoms. The maximum atomic E-state index is 11.1. The van der Waals surface area contributed by atoms with Crippen LogP contribution in [0.3, 0.4) is 0 Å². The van der Waals surface area contributed by atoms with Gasteiger partial charge in [-0.1, -0.05) is 6.92 Å². The van der Waals surface area contributed by atoms with E-state index in [0.717, 1.165) is 0 Å². The fraction of sp³-hybridized carbons (Fsp3) is 0.625. The Morgan fingerprint density at radius 3 is 2.31 bits per heavy atom. The van der Waals surface area contributed by atoms with E-state index in [0.29, 0.717) is 6.42 Å². The summed E-state index contributed by atoms with van der Waals surface area (Å²) >= 11 is -2.08. The predicted molar refractivity (Wildman–Crippen MR) is 50.4 cm³/mol. The second-order valence-electron chi connectivity index (χ2n) is 2.37. The molecule has 0 aliphatic rings. The molecule has 0 aliphatic heterocycles. The summed E-state index contributed by atoms with van der Waals surface area (Å²) in [6, 6.07) is 0. The minimum absolute atomic E-state index is 0.221. The highest BCUT2D eigenvalue weighted by atomic mass is 32.2. The molecule has 4 nitrogen and oxygen atoms in total. The van der Waals surface area contributed by atoms with E-state index >= 15 is 0 Å². The summed E-state index contributed by atoms with van der Waals surface area (Å²) in [6.45, 7) is 5.16. The van der Waals surface area contributed by atoms with Crippen LogP contribution in [0, 0.1) is 0 Å². The second-order valence-corrected chi connectivity index (χ2v) is 3.36. The largest absolute Gasteiger partial charge is 0.463 e. The summed E-state index contributed by atoms with van der Waals surface area (Å²) in [6.07, 6.45) is 0.369.